The molecule has 0 atom stereocenters. The van der Waals surface area contributed by atoms with Gasteiger partial charge in [-0.15, -0.1) is 11.3 Å². The van der Waals surface area contributed by atoms with Gasteiger partial charge in [-0.05, 0) is 12.1 Å². The Hall–Kier alpha value is -1.22. The molecule has 0 aliphatic carbocycles. The van der Waals surface area contributed by atoms with Crippen molar-refractivity contribution in [1.29, 1.82) is 0 Å². The second kappa shape index (κ2) is 4.96. The minimum atomic E-state index is -3.45. The van der Waals surface area contributed by atoms with Crippen LogP contribution in [0.25, 0.3) is 0 Å². The normalized spacial score (nSPS) is 11.8. The van der Waals surface area contributed by atoms with E-state index in [1.54, 1.807) is 24.5 Å². The fraction of sp³-hybridized carbons (Fsp3) is 0.222. The van der Waals surface area contributed by atoms with Gasteiger partial charge in [0, 0.05) is 29.7 Å². The van der Waals surface area contributed by atoms with Crippen LogP contribution in [0.1, 0.15) is 10.4 Å². The number of H-pyrrole nitrogens is 1. The molecule has 0 bridgehead atoms. The van der Waals surface area contributed by atoms with Gasteiger partial charge in [0.2, 0.25) is 10.0 Å². The summed E-state index contributed by atoms with van der Waals surface area (Å²) >= 11 is 1.18. The number of hydrogen-bond acceptors (Lipinski definition) is 5. The van der Waals surface area contributed by atoms with Gasteiger partial charge < -0.3 is 5.73 Å². The SMILES string of the molecule is NCc1ccc(S(=O)(=O)NCc2cn[nH]c2)s1. The molecule has 0 aromatic carbocycles. The fourth-order valence-electron chi connectivity index (χ4n) is 1.24. The Morgan fingerprint density at radius 3 is 2.88 bits per heavy atom. The Balaban J connectivity index is 2.08. The lowest BCUT2D eigenvalue weighted by atomic mass is 10.4. The van der Waals surface area contributed by atoms with Crippen molar-refractivity contribution in [2.75, 3.05) is 0 Å². The monoisotopic (exact) mass is 272 g/mol. The highest BCUT2D eigenvalue weighted by molar-refractivity contribution is 7.91. The van der Waals surface area contributed by atoms with Gasteiger partial charge in [0.1, 0.15) is 4.21 Å². The molecular weight excluding hydrogens is 260 g/mol. The standard InChI is InChI=1S/C9H12N4O2S2/c10-3-8-1-2-9(16-8)17(14,15)13-6-7-4-11-12-5-7/h1-2,4-5,13H,3,6,10H2,(H,11,12). The van der Waals surface area contributed by atoms with Crippen molar-refractivity contribution in [2.24, 2.45) is 5.73 Å². The van der Waals surface area contributed by atoms with E-state index < -0.39 is 10.0 Å². The molecule has 2 heterocycles. The van der Waals surface area contributed by atoms with Crippen molar-refractivity contribution < 1.29 is 8.42 Å². The van der Waals surface area contributed by atoms with Crippen LogP contribution in [0.4, 0.5) is 0 Å². The molecule has 0 fully saturated rings. The first-order chi connectivity index (χ1) is 8.12. The van der Waals surface area contributed by atoms with Crippen LogP contribution in [0.2, 0.25) is 0 Å². The van der Waals surface area contributed by atoms with E-state index in [1.165, 1.54) is 11.3 Å². The second-order valence-electron chi connectivity index (χ2n) is 3.36. The number of thiophene rings is 1. The molecule has 4 N–H and O–H groups in total. The third kappa shape index (κ3) is 2.91. The highest BCUT2D eigenvalue weighted by Gasteiger charge is 2.16. The Bertz CT molecular complexity index is 574. The maximum absolute atomic E-state index is 11.9. The smallest absolute Gasteiger partial charge is 0.250 e. The number of nitrogens with two attached hydrogens (primary N) is 1. The molecule has 2 rings (SSSR count). The van der Waals surface area contributed by atoms with E-state index in [9.17, 15) is 8.42 Å². The summed E-state index contributed by atoms with van der Waals surface area (Å²) in [6.45, 7) is 0.566. The van der Waals surface area contributed by atoms with Crippen molar-refractivity contribution in [3.63, 3.8) is 0 Å². The lowest BCUT2D eigenvalue weighted by molar-refractivity contribution is 0.583. The van der Waals surface area contributed by atoms with Gasteiger partial charge in [-0.3, -0.25) is 5.10 Å². The zero-order chi connectivity index (χ0) is 12.3. The Morgan fingerprint density at radius 2 is 2.29 bits per heavy atom. The molecule has 17 heavy (non-hydrogen) atoms. The van der Waals surface area contributed by atoms with E-state index in [-0.39, 0.29) is 10.8 Å². The number of hydrogen-bond donors (Lipinski definition) is 3. The predicted molar refractivity (Wildman–Crippen MR) is 64.8 cm³/mol. The van der Waals surface area contributed by atoms with Gasteiger partial charge in [-0.1, -0.05) is 0 Å². The molecule has 0 saturated heterocycles. The molecule has 2 aromatic rings. The van der Waals surface area contributed by atoms with Crippen LogP contribution in [-0.2, 0) is 23.1 Å². The van der Waals surface area contributed by atoms with E-state index >= 15 is 0 Å². The number of sulfonamides is 1. The summed E-state index contributed by atoms with van der Waals surface area (Å²) in [5.74, 6) is 0. The number of nitrogens with one attached hydrogen (secondary N) is 2. The highest BCUT2D eigenvalue weighted by Crippen LogP contribution is 2.21. The molecule has 0 spiro atoms. The predicted octanol–water partition coefficient (Wildman–Crippen LogP) is 0.408. The molecule has 0 aliphatic rings. The first-order valence-corrected chi connectivity index (χ1v) is 7.18. The van der Waals surface area contributed by atoms with Crippen LogP contribution in [0.15, 0.2) is 28.7 Å². The molecule has 0 radical (unpaired) electrons. The largest absolute Gasteiger partial charge is 0.326 e. The quantitative estimate of drug-likeness (QED) is 0.733. The van der Waals surface area contributed by atoms with E-state index in [4.69, 9.17) is 5.73 Å². The highest BCUT2D eigenvalue weighted by atomic mass is 32.2. The van der Waals surface area contributed by atoms with Gasteiger partial charge in [-0.2, -0.15) is 5.10 Å². The molecule has 0 aliphatic heterocycles. The number of aromatic nitrogens is 2. The van der Waals surface area contributed by atoms with Gasteiger partial charge in [0.05, 0.1) is 6.20 Å². The minimum Gasteiger partial charge on any atom is -0.326 e. The summed E-state index contributed by atoms with van der Waals surface area (Å²) in [6.07, 6.45) is 3.21. The van der Waals surface area contributed by atoms with Crippen molar-refractivity contribution in [3.8, 4) is 0 Å². The Labute approximate surface area is 103 Å². The Morgan fingerprint density at radius 1 is 1.47 bits per heavy atom. The average Bonchev–Trinajstić information content (AvgIpc) is 2.98. The summed E-state index contributed by atoms with van der Waals surface area (Å²) in [5.41, 5.74) is 6.22. The minimum absolute atomic E-state index is 0.217. The van der Waals surface area contributed by atoms with Crippen LogP contribution in [0.5, 0.6) is 0 Å². The summed E-state index contributed by atoms with van der Waals surface area (Å²) in [5, 5.41) is 6.36. The van der Waals surface area contributed by atoms with Gasteiger partial charge in [-0.25, -0.2) is 13.1 Å². The fourth-order valence-corrected chi connectivity index (χ4v) is 3.53. The van der Waals surface area contributed by atoms with Gasteiger partial charge in [0.25, 0.3) is 0 Å². The summed E-state index contributed by atoms with van der Waals surface area (Å²) in [7, 11) is -3.45. The first-order valence-electron chi connectivity index (χ1n) is 4.88. The number of aromatic amines is 1. The van der Waals surface area contributed by atoms with Crippen LogP contribution >= 0.6 is 11.3 Å². The zero-order valence-electron chi connectivity index (χ0n) is 8.88. The van der Waals surface area contributed by atoms with Crippen LogP contribution in [-0.4, -0.2) is 18.6 Å². The van der Waals surface area contributed by atoms with E-state index in [0.717, 1.165) is 10.4 Å². The van der Waals surface area contributed by atoms with Crippen molar-refractivity contribution >= 4 is 21.4 Å². The maximum Gasteiger partial charge on any atom is 0.250 e. The first kappa shape index (κ1) is 12.2. The number of nitrogens with zero attached hydrogens (tertiary/aromatic N) is 1. The summed E-state index contributed by atoms with van der Waals surface area (Å²) in [4.78, 5) is 0.841. The van der Waals surface area contributed by atoms with Crippen molar-refractivity contribution in [1.82, 2.24) is 14.9 Å². The lowest BCUT2D eigenvalue weighted by Gasteiger charge is -2.02. The van der Waals surface area contributed by atoms with Gasteiger partial charge in [0.15, 0.2) is 0 Å². The molecular formula is C9H12N4O2S2. The van der Waals surface area contributed by atoms with Crippen molar-refractivity contribution in [3.05, 3.63) is 35.0 Å². The molecule has 2 aromatic heterocycles. The van der Waals surface area contributed by atoms with E-state index in [2.05, 4.69) is 14.9 Å². The summed E-state index contributed by atoms with van der Waals surface area (Å²) < 4.78 is 26.5. The van der Waals surface area contributed by atoms with E-state index in [0.29, 0.717) is 6.54 Å². The number of rotatable bonds is 5. The topological polar surface area (TPSA) is 101 Å². The molecule has 6 nitrogen and oxygen atoms in total. The molecule has 8 heteroatoms. The molecule has 0 amide bonds. The van der Waals surface area contributed by atoms with E-state index in [1.807, 2.05) is 0 Å². The third-order valence-corrected chi connectivity index (χ3v) is 5.12. The van der Waals surface area contributed by atoms with Crippen LogP contribution in [0, 0.1) is 0 Å². The molecule has 92 valence electrons. The molecule has 0 saturated carbocycles. The third-order valence-electron chi connectivity index (χ3n) is 2.12. The Kier molecular flexibility index (Phi) is 3.57. The lowest BCUT2D eigenvalue weighted by Crippen LogP contribution is -2.22. The average molecular weight is 272 g/mol. The maximum atomic E-state index is 11.9. The summed E-state index contributed by atoms with van der Waals surface area (Å²) in [6, 6.07) is 3.28. The second-order valence-corrected chi connectivity index (χ2v) is 6.52. The molecule has 0 unspecified atom stereocenters. The van der Waals surface area contributed by atoms with Crippen LogP contribution in [0.3, 0.4) is 0 Å². The van der Waals surface area contributed by atoms with Crippen LogP contribution < -0.4 is 10.5 Å². The zero-order valence-corrected chi connectivity index (χ0v) is 10.5. The van der Waals surface area contributed by atoms with Crippen molar-refractivity contribution in [2.45, 2.75) is 17.3 Å². The van der Waals surface area contributed by atoms with Gasteiger partial charge >= 0.3 is 0 Å².